The molecular formula is C18H24N6O2. The van der Waals surface area contributed by atoms with Crippen LogP contribution in [0.1, 0.15) is 43.0 Å². The number of rotatable bonds is 6. The minimum atomic E-state index is -0.261. The summed E-state index contributed by atoms with van der Waals surface area (Å²) in [7, 11) is 0. The van der Waals surface area contributed by atoms with Crippen LogP contribution in [0.15, 0.2) is 30.3 Å². The van der Waals surface area contributed by atoms with E-state index in [0.29, 0.717) is 31.1 Å². The van der Waals surface area contributed by atoms with Crippen LogP contribution in [0.5, 0.6) is 0 Å². The summed E-state index contributed by atoms with van der Waals surface area (Å²) in [6.45, 7) is 3.78. The van der Waals surface area contributed by atoms with E-state index in [4.69, 9.17) is 0 Å². The van der Waals surface area contributed by atoms with Gasteiger partial charge >= 0.3 is 6.03 Å². The number of piperidine rings is 1. The number of urea groups is 1. The summed E-state index contributed by atoms with van der Waals surface area (Å²) in [6.07, 6.45) is 3.55. The molecule has 2 aromatic rings. The summed E-state index contributed by atoms with van der Waals surface area (Å²) < 4.78 is 1.60. The molecule has 0 aliphatic carbocycles. The number of ketones is 1. The van der Waals surface area contributed by atoms with E-state index in [1.807, 2.05) is 30.3 Å². The largest absolute Gasteiger partial charge is 0.324 e. The lowest BCUT2D eigenvalue weighted by Crippen LogP contribution is -2.44. The van der Waals surface area contributed by atoms with E-state index in [9.17, 15) is 9.59 Å². The predicted molar refractivity (Wildman–Crippen MR) is 96.8 cm³/mol. The van der Waals surface area contributed by atoms with Gasteiger partial charge < -0.3 is 4.90 Å². The lowest BCUT2D eigenvalue weighted by molar-refractivity contribution is 0.0851. The number of aromatic nitrogens is 4. The van der Waals surface area contributed by atoms with Crippen LogP contribution in [0.25, 0.3) is 0 Å². The third-order valence-electron chi connectivity index (χ3n) is 4.61. The van der Waals surface area contributed by atoms with Crippen molar-refractivity contribution < 1.29 is 9.59 Å². The van der Waals surface area contributed by atoms with Gasteiger partial charge in [0, 0.05) is 31.1 Å². The van der Waals surface area contributed by atoms with E-state index in [1.165, 1.54) is 0 Å². The molecule has 26 heavy (non-hydrogen) atoms. The maximum Gasteiger partial charge on any atom is 0.324 e. The van der Waals surface area contributed by atoms with E-state index < -0.39 is 0 Å². The van der Waals surface area contributed by atoms with E-state index in [2.05, 4.69) is 27.8 Å². The molecule has 1 unspecified atom stereocenters. The molecule has 0 bridgehead atoms. The van der Waals surface area contributed by atoms with Crippen molar-refractivity contribution in [1.82, 2.24) is 25.1 Å². The second-order valence-corrected chi connectivity index (χ2v) is 6.52. The van der Waals surface area contributed by atoms with E-state index >= 15 is 0 Å². The van der Waals surface area contributed by atoms with Gasteiger partial charge in [0.2, 0.25) is 0 Å². The van der Waals surface area contributed by atoms with Crippen LogP contribution in [0.4, 0.5) is 10.7 Å². The zero-order valence-corrected chi connectivity index (χ0v) is 15.0. The van der Waals surface area contributed by atoms with Gasteiger partial charge in [-0.25, -0.2) is 9.48 Å². The van der Waals surface area contributed by atoms with Crippen LogP contribution < -0.4 is 5.32 Å². The van der Waals surface area contributed by atoms with Gasteiger partial charge in [-0.05, 0) is 29.7 Å². The molecule has 8 nitrogen and oxygen atoms in total. The molecule has 1 saturated heterocycles. The summed E-state index contributed by atoms with van der Waals surface area (Å²) >= 11 is 0. The van der Waals surface area contributed by atoms with Crippen LogP contribution in [0.3, 0.4) is 0 Å². The number of hydrogen-bond acceptors (Lipinski definition) is 5. The number of carbonyl (C=O) groups is 2. The van der Waals surface area contributed by atoms with Gasteiger partial charge in [-0.3, -0.25) is 10.1 Å². The maximum absolute atomic E-state index is 12.7. The summed E-state index contributed by atoms with van der Waals surface area (Å²) in [5.74, 6) is 0.267. The third kappa shape index (κ3) is 4.25. The Morgan fingerprint density at radius 3 is 2.85 bits per heavy atom. The smallest absolute Gasteiger partial charge is 0.324 e. The van der Waals surface area contributed by atoms with Gasteiger partial charge in [-0.15, -0.1) is 0 Å². The Hall–Kier alpha value is -2.77. The Labute approximate surface area is 152 Å². The number of likely N-dealkylation sites (tertiary alicyclic amines) is 1. The van der Waals surface area contributed by atoms with Crippen LogP contribution >= 0.6 is 0 Å². The number of anilines is 1. The molecule has 1 aromatic heterocycles. The molecule has 0 spiro atoms. The number of nitrogens with one attached hydrogen (secondary N) is 1. The van der Waals surface area contributed by atoms with E-state index in [-0.39, 0.29) is 17.7 Å². The van der Waals surface area contributed by atoms with Gasteiger partial charge in [0.1, 0.15) is 0 Å². The third-order valence-corrected chi connectivity index (χ3v) is 4.61. The van der Waals surface area contributed by atoms with Crippen LogP contribution in [0, 0.1) is 5.92 Å². The first-order valence-electron chi connectivity index (χ1n) is 9.10. The molecular weight excluding hydrogens is 332 g/mol. The highest BCUT2D eigenvalue weighted by Crippen LogP contribution is 2.21. The number of tetrazole rings is 1. The number of Topliss-reactive ketones (excluding diaryl/α,β-unsaturated/α-hetero) is 1. The maximum atomic E-state index is 12.7. The molecule has 2 heterocycles. The molecule has 1 aromatic carbocycles. The molecule has 138 valence electrons. The Morgan fingerprint density at radius 2 is 2.08 bits per heavy atom. The van der Waals surface area contributed by atoms with Crippen molar-refractivity contribution in [2.24, 2.45) is 5.92 Å². The number of benzene rings is 1. The fourth-order valence-corrected chi connectivity index (χ4v) is 3.14. The number of aryl methyl sites for hydroxylation is 1. The van der Waals surface area contributed by atoms with Crippen molar-refractivity contribution in [2.45, 2.75) is 39.2 Å². The Bertz CT molecular complexity index is 745. The number of hydrogen-bond donors (Lipinski definition) is 1. The van der Waals surface area contributed by atoms with Gasteiger partial charge in [-0.1, -0.05) is 48.8 Å². The van der Waals surface area contributed by atoms with Crippen LogP contribution in [-0.2, 0) is 6.54 Å². The molecule has 1 fully saturated rings. The molecule has 1 N–H and O–H groups in total. The average Bonchev–Trinajstić information content (AvgIpc) is 3.13. The predicted octanol–water partition coefficient (Wildman–Crippen LogP) is 2.60. The number of amides is 2. The monoisotopic (exact) mass is 356 g/mol. The first-order valence-corrected chi connectivity index (χ1v) is 9.10. The average molecular weight is 356 g/mol. The molecule has 0 saturated carbocycles. The normalized spacial score (nSPS) is 17.1. The van der Waals surface area contributed by atoms with Crippen molar-refractivity contribution in [3.8, 4) is 0 Å². The second-order valence-electron chi connectivity index (χ2n) is 6.52. The highest BCUT2D eigenvalue weighted by molar-refractivity contribution is 5.98. The summed E-state index contributed by atoms with van der Waals surface area (Å²) in [5, 5.41) is 14.2. The first-order chi connectivity index (χ1) is 12.7. The quantitative estimate of drug-likeness (QED) is 0.803. The fourth-order valence-electron chi connectivity index (χ4n) is 3.14. The number of carbonyl (C=O) groups excluding carboxylic acids is 2. The van der Waals surface area contributed by atoms with Crippen molar-refractivity contribution >= 4 is 17.8 Å². The molecule has 1 aliphatic rings. The molecule has 0 radical (unpaired) electrons. The number of nitrogens with zero attached hydrogens (tertiary/aromatic N) is 5. The van der Waals surface area contributed by atoms with E-state index in [1.54, 1.807) is 9.58 Å². The minimum absolute atomic E-state index is 0.0934. The summed E-state index contributed by atoms with van der Waals surface area (Å²) in [4.78, 5) is 26.9. The topological polar surface area (TPSA) is 93.0 Å². The number of unbranched alkanes of at least 4 members (excludes halogenated alkanes) is 1. The fraction of sp³-hybridized carbons (Fsp3) is 0.500. The standard InChI is InChI=1S/C18H24N6O2/c1-2-3-12-24-17(20-21-22-24)19-18(26)23-11-7-10-15(13-23)16(25)14-8-5-4-6-9-14/h4-6,8-9,15H,2-3,7,10-13H2,1H3,(H,19,20,22,26). The second kappa shape index (κ2) is 8.55. The van der Waals surface area contributed by atoms with E-state index in [0.717, 1.165) is 25.7 Å². The highest BCUT2D eigenvalue weighted by Gasteiger charge is 2.29. The summed E-state index contributed by atoms with van der Waals surface area (Å²) in [6, 6.07) is 8.99. The molecule has 2 amide bonds. The van der Waals surface area contributed by atoms with Crippen LogP contribution in [-0.4, -0.2) is 50.0 Å². The molecule has 1 aliphatic heterocycles. The zero-order valence-electron chi connectivity index (χ0n) is 15.0. The van der Waals surface area contributed by atoms with Crippen molar-refractivity contribution in [3.63, 3.8) is 0 Å². The van der Waals surface area contributed by atoms with Gasteiger partial charge in [0.25, 0.3) is 5.95 Å². The van der Waals surface area contributed by atoms with Crippen molar-refractivity contribution in [1.29, 1.82) is 0 Å². The van der Waals surface area contributed by atoms with Crippen molar-refractivity contribution in [2.75, 3.05) is 18.4 Å². The Kier molecular flexibility index (Phi) is 5.93. The van der Waals surface area contributed by atoms with Crippen LogP contribution in [0.2, 0.25) is 0 Å². The lowest BCUT2D eigenvalue weighted by atomic mass is 9.90. The molecule has 3 rings (SSSR count). The lowest BCUT2D eigenvalue weighted by Gasteiger charge is -2.31. The highest BCUT2D eigenvalue weighted by atomic mass is 16.2. The molecule has 1 atom stereocenters. The Morgan fingerprint density at radius 1 is 1.27 bits per heavy atom. The van der Waals surface area contributed by atoms with Gasteiger partial charge in [-0.2, -0.15) is 0 Å². The van der Waals surface area contributed by atoms with Gasteiger partial charge in [0.05, 0.1) is 0 Å². The zero-order chi connectivity index (χ0) is 18.4. The SMILES string of the molecule is CCCCn1nnnc1NC(=O)N1CCCC(C(=O)c2ccccc2)C1. The molecule has 8 heteroatoms. The summed E-state index contributed by atoms with van der Waals surface area (Å²) in [5.41, 5.74) is 0.697. The minimum Gasteiger partial charge on any atom is -0.324 e. The van der Waals surface area contributed by atoms with Crippen molar-refractivity contribution in [3.05, 3.63) is 35.9 Å². The van der Waals surface area contributed by atoms with Gasteiger partial charge in [0.15, 0.2) is 5.78 Å². The first kappa shape index (κ1) is 18.0. The Balaban J connectivity index is 1.61.